The molecule has 154 valence electrons. The van der Waals surface area contributed by atoms with Gasteiger partial charge in [0.1, 0.15) is 24.2 Å². The molecule has 0 radical (unpaired) electrons. The van der Waals surface area contributed by atoms with Gasteiger partial charge in [0.15, 0.2) is 0 Å². The largest absolute Gasteiger partial charge is 0.491 e. The van der Waals surface area contributed by atoms with E-state index in [9.17, 15) is 5.11 Å². The highest BCUT2D eigenvalue weighted by molar-refractivity contribution is 5.33. The number of aryl methyl sites for hydroxylation is 3. The van der Waals surface area contributed by atoms with E-state index in [0.29, 0.717) is 13.1 Å². The Labute approximate surface area is 173 Å². The first-order valence-electron chi connectivity index (χ1n) is 10.2. The summed E-state index contributed by atoms with van der Waals surface area (Å²) < 4.78 is 11.3. The quantitative estimate of drug-likeness (QED) is 0.532. The second-order valence-corrected chi connectivity index (χ2v) is 7.63. The van der Waals surface area contributed by atoms with Gasteiger partial charge in [-0.05, 0) is 66.8 Å². The van der Waals surface area contributed by atoms with Crippen LogP contribution in [-0.4, -0.2) is 29.3 Å². The average Bonchev–Trinajstić information content (AvgIpc) is 3.22. The van der Waals surface area contributed by atoms with Crippen molar-refractivity contribution in [2.24, 2.45) is 0 Å². The van der Waals surface area contributed by atoms with E-state index < -0.39 is 6.10 Å². The van der Waals surface area contributed by atoms with Crippen LogP contribution in [0.3, 0.4) is 0 Å². The zero-order valence-electron chi connectivity index (χ0n) is 17.6. The molecule has 4 nitrogen and oxygen atoms in total. The Kier molecular flexibility index (Phi) is 7.50. The van der Waals surface area contributed by atoms with Gasteiger partial charge in [-0.1, -0.05) is 37.3 Å². The number of aliphatic hydroxyl groups excluding tert-OH is 1. The first-order valence-corrected chi connectivity index (χ1v) is 10.2. The molecule has 1 atom stereocenters. The molecule has 2 aromatic carbocycles. The molecule has 1 unspecified atom stereocenters. The maximum Gasteiger partial charge on any atom is 0.119 e. The first-order chi connectivity index (χ1) is 14.0. The summed E-state index contributed by atoms with van der Waals surface area (Å²) in [6.07, 6.45) is 2.12. The second kappa shape index (κ2) is 10.3. The molecule has 1 aromatic heterocycles. The fraction of sp³-hybridized carbons (Fsp3) is 0.360. The van der Waals surface area contributed by atoms with E-state index in [4.69, 9.17) is 9.15 Å². The van der Waals surface area contributed by atoms with E-state index in [-0.39, 0.29) is 6.61 Å². The van der Waals surface area contributed by atoms with Crippen molar-refractivity contribution in [1.82, 2.24) is 4.90 Å². The van der Waals surface area contributed by atoms with Crippen LogP contribution in [0.1, 0.15) is 34.9 Å². The summed E-state index contributed by atoms with van der Waals surface area (Å²) in [5, 5.41) is 10.6. The molecular weight excluding hydrogens is 362 g/mol. The highest BCUT2D eigenvalue weighted by Gasteiger charge is 2.15. The normalized spacial score (nSPS) is 12.3. The van der Waals surface area contributed by atoms with Crippen LogP contribution in [0.25, 0.3) is 0 Å². The van der Waals surface area contributed by atoms with Crippen LogP contribution in [-0.2, 0) is 19.5 Å². The Morgan fingerprint density at radius 3 is 2.38 bits per heavy atom. The van der Waals surface area contributed by atoms with Crippen LogP contribution in [0.15, 0.2) is 65.3 Å². The lowest BCUT2D eigenvalue weighted by Gasteiger charge is -2.24. The number of benzene rings is 2. The van der Waals surface area contributed by atoms with Crippen LogP contribution in [0.5, 0.6) is 5.75 Å². The summed E-state index contributed by atoms with van der Waals surface area (Å²) in [6, 6.07) is 18.5. The number of aliphatic hydroxyl groups is 1. The summed E-state index contributed by atoms with van der Waals surface area (Å²) >= 11 is 0. The molecule has 1 N–H and O–H groups in total. The van der Waals surface area contributed by atoms with Gasteiger partial charge in [0.2, 0.25) is 0 Å². The maximum atomic E-state index is 10.6. The Hall–Kier alpha value is -2.56. The van der Waals surface area contributed by atoms with Gasteiger partial charge in [-0.3, -0.25) is 4.90 Å². The van der Waals surface area contributed by atoms with Crippen molar-refractivity contribution < 1.29 is 14.3 Å². The minimum atomic E-state index is -0.596. The maximum absolute atomic E-state index is 10.6. The Bertz CT molecular complexity index is 872. The van der Waals surface area contributed by atoms with Crippen molar-refractivity contribution in [2.45, 2.75) is 46.4 Å². The third-order valence-corrected chi connectivity index (χ3v) is 5.19. The summed E-state index contributed by atoms with van der Waals surface area (Å²) in [5.41, 5.74) is 4.97. The van der Waals surface area contributed by atoms with E-state index >= 15 is 0 Å². The molecule has 0 amide bonds. The Morgan fingerprint density at radius 2 is 1.72 bits per heavy atom. The lowest BCUT2D eigenvalue weighted by molar-refractivity contribution is 0.0604. The number of hydrogen-bond donors (Lipinski definition) is 1. The molecular formula is C25H31NO3. The van der Waals surface area contributed by atoms with Crippen molar-refractivity contribution in [3.8, 4) is 5.75 Å². The summed E-state index contributed by atoms with van der Waals surface area (Å²) in [6.45, 7) is 8.44. The predicted molar refractivity (Wildman–Crippen MR) is 116 cm³/mol. The average molecular weight is 394 g/mol. The molecule has 0 aliphatic carbocycles. The van der Waals surface area contributed by atoms with E-state index in [1.165, 1.54) is 22.3 Å². The molecule has 0 aliphatic rings. The van der Waals surface area contributed by atoms with E-state index in [1.54, 1.807) is 6.26 Å². The van der Waals surface area contributed by atoms with Crippen LogP contribution in [0, 0.1) is 13.8 Å². The molecule has 29 heavy (non-hydrogen) atoms. The molecule has 1 heterocycles. The van der Waals surface area contributed by atoms with Crippen LogP contribution in [0.4, 0.5) is 0 Å². The molecule has 0 saturated carbocycles. The van der Waals surface area contributed by atoms with Crippen LogP contribution in [0.2, 0.25) is 0 Å². The number of furan rings is 1. The highest BCUT2D eigenvalue weighted by Crippen LogP contribution is 2.17. The zero-order chi connectivity index (χ0) is 20.6. The minimum Gasteiger partial charge on any atom is -0.491 e. The van der Waals surface area contributed by atoms with E-state index in [0.717, 1.165) is 24.5 Å². The van der Waals surface area contributed by atoms with Gasteiger partial charge in [0, 0.05) is 13.1 Å². The molecule has 3 rings (SSSR count). The summed E-state index contributed by atoms with van der Waals surface area (Å²) in [5.74, 6) is 1.68. The third kappa shape index (κ3) is 6.48. The molecule has 0 saturated heterocycles. The molecule has 0 spiro atoms. The van der Waals surface area contributed by atoms with Crippen molar-refractivity contribution in [2.75, 3.05) is 13.2 Å². The fourth-order valence-electron chi connectivity index (χ4n) is 3.29. The zero-order valence-corrected chi connectivity index (χ0v) is 17.6. The van der Waals surface area contributed by atoms with Crippen molar-refractivity contribution in [3.63, 3.8) is 0 Å². The van der Waals surface area contributed by atoms with Gasteiger partial charge in [-0.2, -0.15) is 0 Å². The third-order valence-electron chi connectivity index (χ3n) is 5.19. The standard InChI is InChI=1S/C25H31NO3/c1-4-21-8-10-22(11-9-21)15-26(17-25-6-5-13-28-25)16-23(27)18-29-24-12-7-19(2)20(3)14-24/h5-14,23,27H,4,15-18H2,1-3H3. The SMILES string of the molecule is CCc1ccc(CN(Cc2ccco2)CC(O)COc2ccc(C)c(C)c2)cc1. The highest BCUT2D eigenvalue weighted by atomic mass is 16.5. The van der Waals surface area contributed by atoms with Crippen molar-refractivity contribution in [1.29, 1.82) is 0 Å². The second-order valence-electron chi connectivity index (χ2n) is 7.63. The minimum absolute atomic E-state index is 0.256. The van der Waals surface area contributed by atoms with E-state index in [1.807, 2.05) is 30.3 Å². The van der Waals surface area contributed by atoms with Crippen LogP contribution >= 0.6 is 0 Å². The van der Waals surface area contributed by atoms with Crippen molar-refractivity contribution >= 4 is 0 Å². The number of rotatable bonds is 10. The molecule has 0 fully saturated rings. The lowest BCUT2D eigenvalue weighted by atomic mass is 10.1. The molecule has 4 heteroatoms. The monoisotopic (exact) mass is 393 g/mol. The number of hydrogen-bond acceptors (Lipinski definition) is 4. The van der Waals surface area contributed by atoms with Gasteiger partial charge in [-0.25, -0.2) is 0 Å². The first kappa shape index (κ1) is 21.2. The van der Waals surface area contributed by atoms with Crippen molar-refractivity contribution in [3.05, 3.63) is 88.9 Å². The molecule has 0 bridgehead atoms. The number of nitrogens with zero attached hydrogens (tertiary/aromatic N) is 1. The summed E-state index contributed by atoms with van der Waals surface area (Å²) in [4.78, 5) is 2.19. The van der Waals surface area contributed by atoms with Gasteiger partial charge in [-0.15, -0.1) is 0 Å². The Morgan fingerprint density at radius 1 is 0.966 bits per heavy atom. The summed E-state index contributed by atoms with van der Waals surface area (Å²) in [7, 11) is 0. The van der Waals surface area contributed by atoms with Gasteiger partial charge < -0.3 is 14.3 Å². The van der Waals surface area contributed by atoms with E-state index in [2.05, 4.69) is 49.9 Å². The van der Waals surface area contributed by atoms with Gasteiger partial charge >= 0.3 is 0 Å². The molecule has 0 aliphatic heterocycles. The Balaban J connectivity index is 1.60. The smallest absolute Gasteiger partial charge is 0.119 e. The van der Waals surface area contributed by atoms with Crippen LogP contribution < -0.4 is 4.74 Å². The lowest BCUT2D eigenvalue weighted by Crippen LogP contribution is -2.35. The van der Waals surface area contributed by atoms with Gasteiger partial charge in [0.05, 0.1) is 12.8 Å². The topological polar surface area (TPSA) is 45.8 Å². The van der Waals surface area contributed by atoms with Gasteiger partial charge in [0.25, 0.3) is 0 Å². The fourth-order valence-corrected chi connectivity index (χ4v) is 3.29. The predicted octanol–water partition coefficient (Wildman–Crippen LogP) is 4.90. The molecule has 3 aromatic rings. The number of ether oxygens (including phenoxy) is 1.